The Kier molecular flexibility index (Phi) is 8.11. The van der Waals surface area contributed by atoms with Gasteiger partial charge in [-0.05, 0) is 6.92 Å². The minimum atomic E-state index is 0.0328. The number of hydrogen-bond donors (Lipinski definition) is 2. The lowest BCUT2D eigenvalue weighted by molar-refractivity contribution is -0.120. The van der Waals surface area contributed by atoms with Crippen LogP contribution >= 0.6 is 11.8 Å². The van der Waals surface area contributed by atoms with Crippen LogP contribution in [0.4, 0.5) is 5.82 Å². The predicted molar refractivity (Wildman–Crippen MR) is 105 cm³/mol. The Morgan fingerprint density at radius 2 is 2.12 bits per heavy atom. The number of nitrogens with zero attached hydrogens (tertiary/aromatic N) is 4. The van der Waals surface area contributed by atoms with Gasteiger partial charge in [-0.25, -0.2) is 14.6 Å². The molecule has 2 aromatic heterocycles. The summed E-state index contributed by atoms with van der Waals surface area (Å²) >= 11 is 1.61. The van der Waals surface area contributed by atoms with Crippen LogP contribution in [0.2, 0.25) is 0 Å². The van der Waals surface area contributed by atoms with Gasteiger partial charge >= 0.3 is 0 Å². The molecule has 0 aliphatic carbocycles. The second-order valence-corrected chi connectivity index (χ2v) is 7.50. The number of aromatic nitrogens is 4. The topological polar surface area (TPSA) is 94.0 Å². The van der Waals surface area contributed by atoms with Gasteiger partial charge in [-0.2, -0.15) is 5.10 Å². The minimum absolute atomic E-state index is 0.0328. The molecule has 0 unspecified atom stereocenters. The van der Waals surface area contributed by atoms with Gasteiger partial charge in [0.15, 0.2) is 10.8 Å². The first-order valence-electron chi connectivity index (χ1n) is 9.03. The molecule has 1 amide bonds. The van der Waals surface area contributed by atoms with E-state index in [1.165, 1.54) is 0 Å². The van der Waals surface area contributed by atoms with Gasteiger partial charge in [0.1, 0.15) is 5.82 Å². The smallest absolute Gasteiger partial charge is 0.219 e. The Labute approximate surface area is 158 Å². The highest BCUT2D eigenvalue weighted by Gasteiger charge is 2.14. The van der Waals surface area contributed by atoms with Crippen molar-refractivity contribution in [2.75, 3.05) is 31.6 Å². The summed E-state index contributed by atoms with van der Waals surface area (Å²) in [5.41, 5.74) is 0.771. The van der Waals surface area contributed by atoms with Gasteiger partial charge in [0.25, 0.3) is 0 Å². The van der Waals surface area contributed by atoms with Crippen molar-refractivity contribution in [3.05, 3.63) is 6.20 Å². The van der Waals surface area contributed by atoms with E-state index in [9.17, 15) is 4.79 Å². The van der Waals surface area contributed by atoms with Gasteiger partial charge in [0.05, 0.1) is 24.7 Å². The molecule has 8 nitrogen and oxygen atoms in total. The van der Waals surface area contributed by atoms with E-state index in [1.807, 2.05) is 18.5 Å². The molecule has 0 spiro atoms. The normalized spacial score (nSPS) is 11.3. The van der Waals surface area contributed by atoms with E-state index in [4.69, 9.17) is 4.74 Å². The van der Waals surface area contributed by atoms with Gasteiger partial charge in [0.2, 0.25) is 5.91 Å². The number of amides is 1. The number of carbonyl (C=O) groups excluding carboxylic acids is 1. The van der Waals surface area contributed by atoms with Crippen LogP contribution in [0.25, 0.3) is 11.0 Å². The molecule has 0 bridgehead atoms. The molecule has 144 valence electrons. The van der Waals surface area contributed by atoms with Gasteiger partial charge in [-0.1, -0.05) is 32.5 Å². The summed E-state index contributed by atoms with van der Waals surface area (Å²) in [4.78, 5) is 20.7. The van der Waals surface area contributed by atoms with Gasteiger partial charge in [-0.15, -0.1) is 0 Å². The maximum Gasteiger partial charge on any atom is 0.219 e. The van der Waals surface area contributed by atoms with Gasteiger partial charge in [0, 0.05) is 31.4 Å². The van der Waals surface area contributed by atoms with Crippen molar-refractivity contribution < 1.29 is 9.53 Å². The zero-order chi connectivity index (χ0) is 18.9. The molecule has 9 heteroatoms. The molecule has 0 fully saturated rings. The molecule has 0 saturated carbocycles. The van der Waals surface area contributed by atoms with E-state index < -0.39 is 0 Å². The maximum absolute atomic E-state index is 11.4. The molecule has 2 heterocycles. The summed E-state index contributed by atoms with van der Waals surface area (Å²) in [5, 5.41) is 12.6. The summed E-state index contributed by atoms with van der Waals surface area (Å²) in [5.74, 6) is 0.798. The molecule has 0 aliphatic rings. The summed E-state index contributed by atoms with van der Waals surface area (Å²) in [6.07, 6.45) is 2.24. The number of anilines is 1. The SMILES string of the molecule is CCOCCNc1nc(SC(C)C)nc2c1cnn2CCNC(=O)CC. The first-order valence-corrected chi connectivity index (χ1v) is 9.91. The molecule has 0 atom stereocenters. The molecule has 2 N–H and O–H groups in total. The Morgan fingerprint density at radius 3 is 2.81 bits per heavy atom. The second-order valence-electron chi connectivity index (χ2n) is 5.95. The molecular weight excluding hydrogens is 352 g/mol. The lowest BCUT2D eigenvalue weighted by Crippen LogP contribution is -2.26. The van der Waals surface area contributed by atoms with E-state index in [2.05, 4.69) is 39.5 Å². The lowest BCUT2D eigenvalue weighted by atomic mass is 10.4. The second kappa shape index (κ2) is 10.3. The first kappa shape index (κ1) is 20.4. The highest BCUT2D eigenvalue weighted by Crippen LogP contribution is 2.26. The van der Waals surface area contributed by atoms with Crippen molar-refractivity contribution >= 4 is 34.5 Å². The lowest BCUT2D eigenvalue weighted by Gasteiger charge is -2.11. The summed E-state index contributed by atoms with van der Waals surface area (Å²) in [6.45, 7) is 11.1. The van der Waals surface area contributed by atoms with Crippen molar-refractivity contribution in [1.82, 2.24) is 25.1 Å². The zero-order valence-electron chi connectivity index (χ0n) is 15.9. The summed E-state index contributed by atoms with van der Waals surface area (Å²) in [6, 6.07) is 0. The first-order chi connectivity index (χ1) is 12.5. The minimum Gasteiger partial charge on any atom is -0.380 e. The third-order valence-corrected chi connectivity index (χ3v) is 4.39. The molecular formula is C17H28N6O2S. The highest BCUT2D eigenvalue weighted by atomic mass is 32.2. The molecule has 0 radical (unpaired) electrons. The standard InChI is InChI=1S/C17H28N6O2S/c1-5-14(24)18-7-9-23-16-13(11-20-23)15(19-8-10-25-6-2)21-17(22-16)26-12(3)4/h11-12H,5-10H2,1-4H3,(H,18,24)(H,19,21,22). The third kappa shape index (κ3) is 5.84. The number of fused-ring (bicyclic) bond motifs is 1. The van der Waals surface area contributed by atoms with Gasteiger partial charge in [-0.3, -0.25) is 4.79 Å². The average Bonchev–Trinajstić information content (AvgIpc) is 3.01. The van der Waals surface area contributed by atoms with E-state index in [-0.39, 0.29) is 5.91 Å². The largest absolute Gasteiger partial charge is 0.380 e. The van der Waals surface area contributed by atoms with Crippen LogP contribution in [-0.4, -0.2) is 57.2 Å². The number of hydrogen-bond acceptors (Lipinski definition) is 7. The van der Waals surface area contributed by atoms with Crippen molar-refractivity contribution in [2.24, 2.45) is 0 Å². The monoisotopic (exact) mass is 380 g/mol. The average molecular weight is 381 g/mol. The van der Waals surface area contributed by atoms with E-state index >= 15 is 0 Å². The predicted octanol–water partition coefficient (Wildman–Crippen LogP) is 2.30. The van der Waals surface area contributed by atoms with Crippen LogP contribution in [0.15, 0.2) is 11.4 Å². The Balaban J connectivity index is 2.21. The van der Waals surface area contributed by atoms with Crippen LogP contribution < -0.4 is 10.6 Å². The van der Waals surface area contributed by atoms with Crippen molar-refractivity contribution in [3.8, 4) is 0 Å². The maximum atomic E-state index is 11.4. The fraction of sp³-hybridized carbons (Fsp3) is 0.647. The number of thioether (sulfide) groups is 1. The Hall–Kier alpha value is -1.87. The van der Waals surface area contributed by atoms with E-state index in [1.54, 1.807) is 18.0 Å². The van der Waals surface area contributed by atoms with Crippen LogP contribution in [0.5, 0.6) is 0 Å². The number of ether oxygens (including phenoxy) is 1. The molecule has 0 aromatic carbocycles. The van der Waals surface area contributed by atoms with Gasteiger partial charge < -0.3 is 15.4 Å². The Morgan fingerprint density at radius 1 is 1.31 bits per heavy atom. The number of carbonyl (C=O) groups is 1. The van der Waals surface area contributed by atoms with Crippen molar-refractivity contribution in [2.45, 2.75) is 51.1 Å². The number of nitrogens with one attached hydrogen (secondary N) is 2. The van der Waals surface area contributed by atoms with Crippen LogP contribution in [-0.2, 0) is 16.1 Å². The number of rotatable bonds is 11. The van der Waals surface area contributed by atoms with E-state index in [0.29, 0.717) is 49.7 Å². The molecule has 26 heavy (non-hydrogen) atoms. The van der Waals surface area contributed by atoms with Crippen molar-refractivity contribution in [1.29, 1.82) is 0 Å². The summed E-state index contributed by atoms with van der Waals surface area (Å²) < 4.78 is 7.19. The van der Waals surface area contributed by atoms with Crippen LogP contribution in [0.3, 0.4) is 0 Å². The van der Waals surface area contributed by atoms with Crippen LogP contribution in [0, 0.1) is 0 Å². The third-order valence-electron chi connectivity index (χ3n) is 3.53. The van der Waals surface area contributed by atoms with Crippen LogP contribution in [0.1, 0.15) is 34.1 Å². The summed E-state index contributed by atoms with van der Waals surface area (Å²) in [7, 11) is 0. The molecule has 2 rings (SSSR count). The molecule has 0 saturated heterocycles. The fourth-order valence-corrected chi connectivity index (χ4v) is 3.01. The quantitative estimate of drug-likeness (QED) is 0.351. The fourth-order valence-electron chi connectivity index (χ4n) is 2.31. The highest BCUT2D eigenvalue weighted by molar-refractivity contribution is 7.99. The zero-order valence-corrected chi connectivity index (χ0v) is 16.7. The Bertz CT molecular complexity index is 719. The molecule has 0 aliphatic heterocycles. The van der Waals surface area contributed by atoms with E-state index in [0.717, 1.165) is 16.9 Å². The molecule has 2 aromatic rings. The van der Waals surface area contributed by atoms with Crippen molar-refractivity contribution in [3.63, 3.8) is 0 Å².